The van der Waals surface area contributed by atoms with Crippen LogP contribution in [0.5, 0.6) is 0 Å². The number of nitriles is 2. The molecule has 2 aliphatic rings. The Balaban J connectivity index is 1.10. The molecule has 0 saturated heterocycles. The van der Waals surface area contributed by atoms with E-state index in [1.165, 1.54) is 44.2 Å². The van der Waals surface area contributed by atoms with Gasteiger partial charge in [-0.3, -0.25) is 0 Å². The minimum atomic E-state index is -0.797. The number of para-hydroxylation sites is 6. The topological polar surface area (TPSA) is 67.3 Å². The summed E-state index contributed by atoms with van der Waals surface area (Å²) in [5, 5.41) is 34.3. The lowest BCUT2D eigenvalue weighted by Crippen LogP contribution is -2.51. The van der Waals surface area contributed by atoms with Gasteiger partial charge in [0, 0.05) is 70.7 Å². The third-order valence-electron chi connectivity index (χ3n) is 21.1. The molecule has 4 heterocycles. The van der Waals surface area contributed by atoms with E-state index in [-0.39, 0.29) is 10.8 Å². The first-order valence-corrected chi connectivity index (χ1v) is 31.3. The largest absolute Gasteiger partial charge is 0.309 e. The van der Waals surface area contributed by atoms with Crippen molar-refractivity contribution in [1.82, 2.24) is 18.3 Å². The van der Waals surface area contributed by atoms with Gasteiger partial charge in [-0.05, 0) is 128 Å². The van der Waals surface area contributed by atoms with Gasteiger partial charge in [-0.15, -0.1) is 0 Å². The van der Waals surface area contributed by atoms with Crippen molar-refractivity contribution in [3.63, 3.8) is 0 Å². The van der Waals surface area contributed by atoms with Crippen molar-refractivity contribution in [2.75, 3.05) is 0 Å². The Kier molecular flexibility index (Phi) is 10.6. The van der Waals surface area contributed by atoms with Gasteiger partial charge < -0.3 is 18.3 Å². The molecule has 11 aromatic carbocycles. The third kappa shape index (κ3) is 6.68. The second-order valence-electron chi connectivity index (χ2n) is 28.3. The molecule has 89 heavy (non-hydrogen) atoms. The average Bonchev–Trinajstić information content (AvgIpc) is 1.47. The van der Waals surface area contributed by atoms with Crippen molar-refractivity contribution in [3.8, 4) is 46.0 Å². The highest BCUT2D eigenvalue weighted by atomic mass is 15.1. The summed E-state index contributed by atoms with van der Waals surface area (Å²) in [6, 6.07) is 86.0. The molecule has 0 fully saturated rings. The molecule has 1 spiro atoms. The first-order valence-electron chi connectivity index (χ1n) is 31.3. The van der Waals surface area contributed by atoms with Gasteiger partial charge >= 0.3 is 0 Å². The lowest BCUT2D eigenvalue weighted by molar-refractivity contribution is 0.231. The van der Waals surface area contributed by atoms with Crippen molar-refractivity contribution in [2.24, 2.45) is 0 Å². The number of nitrogens with zero attached hydrogens (tertiary/aromatic N) is 6. The summed E-state index contributed by atoms with van der Waals surface area (Å²) in [6.07, 6.45) is 0. The van der Waals surface area contributed by atoms with Crippen LogP contribution in [0.4, 0.5) is 0 Å². The maximum absolute atomic E-state index is 12.7. The predicted molar refractivity (Wildman–Crippen MR) is 369 cm³/mol. The fraction of sp³-hybridized carbons (Fsp3) is 0.181. The van der Waals surface area contributed by atoms with Crippen LogP contribution in [-0.4, -0.2) is 18.3 Å². The Bertz CT molecular complexity index is 5350. The first kappa shape index (κ1) is 52.9. The maximum atomic E-state index is 12.7. The van der Waals surface area contributed by atoms with Crippen LogP contribution in [0.2, 0.25) is 0 Å². The molecule has 4 aromatic heterocycles. The second-order valence-corrected chi connectivity index (χ2v) is 28.3. The van der Waals surface area contributed by atoms with Crippen LogP contribution >= 0.6 is 0 Å². The number of benzene rings is 11. The summed E-state index contributed by atoms with van der Waals surface area (Å²) >= 11 is 0. The van der Waals surface area contributed by atoms with Gasteiger partial charge in [0.1, 0.15) is 12.1 Å². The lowest BCUT2D eigenvalue weighted by atomic mass is 9.52. The Morgan fingerprint density at radius 2 is 0.618 bits per heavy atom. The quantitative estimate of drug-likeness (QED) is 0.176. The maximum Gasteiger partial charge on any atom is 0.103 e. The molecule has 0 atom stereocenters. The highest BCUT2D eigenvalue weighted by molar-refractivity contribution is 6.21. The Morgan fingerprint density at radius 3 is 0.944 bits per heavy atom. The lowest BCUT2D eigenvalue weighted by Gasteiger charge is -2.50. The Morgan fingerprint density at radius 1 is 0.315 bits per heavy atom. The zero-order chi connectivity index (χ0) is 61.0. The van der Waals surface area contributed by atoms with Crippen LogP contribution in [0.3, 0.4) is 0 Å². The highest BCUT2D eigenvalue weighted by Crippen LogP contribution is 2.73. The molecule has 0 N–H and O–H groups in total. The van der Waals surface area contributed by atoms with Crippen molar-refractivity contribution in [1.29, 1.82) is 10.5 Å². The van der Waals surface area contributed by atoms with Crippen LogP contribution in [0.1, 0.15) is 114 Å². The SMILES string of the molecule is CC(C)(C)c1ccc2c(c1)C1(c3cc(C(C)(C)C)ccc3-2)C(C)(C)c2c(-n3c4ccccc4c4cc5c6ccccc6n(-c6ccccc6)c5cc43)c(C#N)c(C#N)c(-n3c4ccccc4c4cc5c6ccccc6n(-c6ccccc6)c5cc43)c2C1(C)C. The summed E-state index contributed by atoms with van der Waals surface area (Å²) in [5.41, 5.74) is 19.5. The minimum Gasteiger partial charge on any atom is -0.309 e. The summed E-state index contributed by atoms with van der Waals surface area (Å²) < 4.78 is 9.57. The van der Waals surface area contributed by atoms with E-state index >= 15 is 0 Å². The number of fused-ring (bicyclic) bond motifs is 18. The van der Waals surface area contributed by atoms with E-state index in [2.05, 4.69) is 318 Å². The van der Waals surface area contributed by atoms with Crippen molar-refractivity contribution in [3.05, 3.63) is 263 Å². The van der Waals surface area contributed by atoms with E-state index in [1.807, 2.05) is 0 Å². The van der Waals surface area contributed by atoms with Gasteiger partial charge in [0.25, 0.3) is 0 Å². The van der Waals surface area contributed by atoms with E-state index in [0.717, 1.165) is 110 Å². The van der Waals surface area contributed by atoms with Crippen LogP contribution in [0.25, 0.3) is 121 Å². The van der Waals surface area contributed by atoms with Gasteiger partial charge in [0.2, 0.25) is 0 Å². The first-order chi connectivity index (χ1) is 42.9. The summed E-state index contributed by atoms with van der Waals surface area (Å²) in [5.74, 6) is 0. The Hall–Kier alpha value is -10.4. The van der Waals surface area contributed by atoms with Crippen LogP contribution < -0.4 is 0 Å². The molecule has 0 radical (unpaired) electrons. The summed E-state index contributed by atoms with van der Waals surface area (Å²) in [6.45, 7) is 23.8. The Labute approximate surface area is 518 Å². The fourth-order valence-electron chi connectivity index (χ4n) is 17.4. The summed E-state index contributed by atoms with van der Waals surface area (Å²) in [4.78, 5) is 0. The van der Waals surface area contributed by atoms with Gasteiger partial charge in [-0.25, -0.2) is 0 Å². The number of hydrogen-bond donors (Lipinski definition) is 0. The molecule has 0 aliphatic heterocycles. The second kappa shape index (κ2) is 17.9. The third-order valence-corrected chi connectivity index (χ3v) is 21.1. The van der Waals surface area contributed by atoms with Crippen molar-refractivity contribution >= 4 is 87.2 Å². The monoisotopic (exact) mass is 1150 g/mol. The highest BCUT2D eigenvalue weighted by Gasteiger charge is 2.69. The molecule has 6 nitrogen and oxygen atoms in total. The van der Waals surface area contributed by atoms with Crippen molar-refractivity contribution in [2.45, 2.75) is 96.3 Å². The molecular weight excluding hydrogens is 1080 g/mol. The average molecular weight is 1150 g/mol. The van der Waals surface area contributed by atoms with E-state index in [4.69, 9.17) is 0 Å². The van der Waals surface area contributed by atoms with E-state index in [9.17, 15) is 10.5 Å². The van der Waals surface area contributed by atoms with Gasteiger partial charge in [-0.2, -0.15) is 10.5 Å². The molecule has 17 rings (SSSR count). The van der Waals surface area contributed by atoms with E-state index in [1.54, 1.807) is 0 Å². The number of aromatic nitrogens is 4. The molecule has 428 valence electrons. The molecule has 0 unspecified atom stereocenters. The molecule has 6 heteroatoms. The van der Waals surface area contributed by atoms with Crippen LogP contribution in [0, 0.1) is 22.7 Å². The molecular formula is C83H66N6. The minimum absolute atomic E-state index is 0.174. The van der Waals surface area contributed by atoms with Crippen molar-refractivity contribution < 1.29 is 0 Å². The van der Waals surface area contributed by atoms with E-state index in [0.29, 0.717) is 11.1 Å². The molecule has 0 bridgehead atoms. The number of rotatable bonds is 4. The fourth-order valence-corrected chi connectivity index (χ4v) is 17.4. The molecule has 2 aliphatic carbocycles. The smallest absolute Gasteiger partial charge is 0.103 e. The van der Waals surface area contributed by atoms with Gasteiger partial charge in [0.15, 0.2) is 0 Å². The summed E-state index contributed by atoms with van der Waals surface area (Å²) in [7, 11) is 0. The standard InChI is InChI=1S/C83H66N6/c1-79(2,3)49-37-39-53-54-40-38-50(80(4,5)6)42-66(54)83(65(53)41-49)81(7,8)75-76(82(83,9)10)78(89-70-36-24-20-32-58(70)62-44-60-56-30-18-22-34-68(56)87(72(60)46-74(62)89)52-27-15-12-16-28-52)64(48-85)63(47-84)77(75)88-69-35-23-19-31-57(69)61-43-59-55-29-17-21-33-67(55)86(71(59)45-73(61)88)51-25-13-11-14-26-51/h11-46H,1-10H3. The zero-order valence-electron chi connectivity index (χ0n) is 52.0. The van der Waals surface area contributed by atoms with Gasteiger partial charge in [-0.1, -0.05) is 215 Å². The number of hydrogen-bond acceptors (Lipinski definition) is 2. The normalized spacial score (nSPS) is 14.9. The van der Waals surface area contributed by atoms with Gasteiger partial charge in [0.05, 0.1) is 66.6 Å². The predicted octanol–water partition coefficient (Wildman–Crippen LogP) is 20.9. The van der Waals surface area contributed by atoms with Crippen LogP contribution in [-0.2, 0) is 27.1 Å². The van der Waals surface area contributed by atoms with Crippen LogP contribution in [0.15, 0.2) is 218 Å². The molecule has 0 saturated carbocycles. The molecule has 15 aromatic rings. The zero-order valence-corrected chi connectivity index (χ0v) is 52.0. The van der Waals surface area contributed by atoms with E-state index < -0.39 is 16.2 Å². The molecule has 0 amide bonds.